The summed E-state index contributed by atoms with van der Waals surface area (Å²) < 4.78 is 5.65. The Labute approximate surface area is 204 Å². The van der Waals surface area contributed by atoms with Crippen molar-refractivity contribution >= 4 is 17.7 Å². The second-order valence-electron chi connectivity index (χ2n) is 8.84. The zero-order valence-corrected chi connectivity index (χ0v) is 19.9. The van der Waals surface area contributed by atoms with E-state index in [2.05, 4.69) is 15.2 Å². The Bertz CT molecular complexity index is 1180. The molecule has 9 heteroatoms. The van der Waals surface area contributed by atoms with Crippen LogP contribution in [0.4, 0.5) is 0 Å². The number of nitrogens with one attached hydrogen (secondary N) is 1. The van der Waals surface area contributed by atoms with Gasteiger partial charge in [-0.2, -0.15) is 5.10 Å². The molecule has 1 aromatic carbocycles. The number of imide groups is 1. The van der Waals surface area contributed by atoms with Crippen molar-refractivity contribution in [3.05, 3.63) is 77.9 Å². The highest BCUT2D eigenvalue weighted by molar-refractivity contribution is 6.10. The quantitative estimate of drug-likeness (QED) is 0.357. The predicted molar refractivity (Wildman–Crippen MR) is 128 cm³/mol. The van der Waals surface area contributed by atoms with Gasteiger partial charge in [0.15, 0.2) is 0 Å². The summed E-state index contributed by atoms with van der Waals surface area (Å²) in [6.45, 7) is 2.77. The molecule has 2 aromatic heterocycles. The number of hydrogen-bond acceptors (Lipinski definition) is 6. The maximum atomic E-state index is 13.7. The molecule has 1 fully saturated rings. The van der Waals surface area contributed by atoms with Crippen molar-refractivity contribution in [1.82, 2.24) is 25.0 Å². The van der Waals surface area contributed by atoms with E-state index in [1.165, 1.54) is 4.90 Å². The van der Waals surface area contributed by atoms with E-state index in [1.54, 1.807) is 36.5 Å². The first kappa shape index (κ1) is 24.1. The largest absolute Gasteiger partial charge is 0.492 e. The average Bonchev–Trinajstić information content (AvgIpc) is 3.38. The molecular weight excluding hydrogens is 446 g/mol. The third kappa shape index (κ3) is 5.40. The molecule has 3 amide bonds. The Kier molecular flexibility index (Phi) is 7.24. The summed E-state index contributed by atoms with van der Waals surface area (Å²) in [6.07, 6.45) is 3.61. The van der Waals surface area contributed by atoms with E-state index in [-0.39, 0.29) is 37.1 Å². The number of H-pyrrole nitrogens is 1. The number of carbonyl (C=O) groups excluding carboxylic acids is 3. The zero-order chi connectivity index (χ0) is 24.8. The molecule has 4 rings (SSSR count). The molecule has 35 heavy (non-hydrogen) atoms. The third-order valence-corrected chi connectivity index (χ3v) is 6.20. The van der Waals surface area contributed by atoms with Gasteiger partial charge in [0.2, 0.25) is 17.7 Å². The number of likely N-dealkylation sites (tertiary alicyclic amines) is 1. The van der Waals surface area contributed by atoms with Crippen LogP contribution in [-0.2, 0) is 26.3 Å². The highest BCUT2D eigenvalue weighted by Gasteiger charge is 2.53. The summed E-state index contributed by atoms with van der Waals surface area (Å²) in [6, 6.07) is 14.6. The molecule has 3 heterocycles. The van der Waals surface area contributed by atoms with Gasteiger partial charge in [-0.3, -0.25) is 29.4 Å². The molecule has 0 bridgehead atoms. The summed E-state index contributed by atoms with van der Waals surface area (Å²) in [5, 5.41) is 7.05. The molecule has 0 saturated carbocycles. The van der Waals surface area contributed by atoms with Crippen molar-refractivity contribution in [2.45, 2.75) is 38.1 Å². The summed E-state index contributed by atoms with van der Waals surface area (Å²) in [4.78, 5) is 46.7. The lowest BCUT2D eigenvalue weighted by Gasteiger charge is -2.29. The Hall–Kier alpha value is -4.01. The SMILES string of the molecule is Cc1cc(CN(C)C(=O)C[C@@]2(c3ccccc3)CC(=O)N(CCCOc3cccnc3)C2=O)n[nH]1. The van der Waals surface area contributed by atoms with E-state index in [9.17, 15) is 14.4 Å². The molecule has 1 aliphatic rings. The Morgan fingerprint density at radius 1 is 1.20 bits per heavy atom. The van der Waals surface area contributed by atoms with Gasteiger partial charge >= 0.3 is 0 Å². The minimum Gasteiger partial charge on any atom is -0.492 e. The number of aromatic nitrogens is 3. The fourth-order valence-corrected chi connectivity index (χ4v) is 4.37. The van der Waals surface area contributed by atoms with Crippen LogP contribution in [0.15, 0.2) is 60.9 Å². The fourth-order valence-electron chi connectivity index (χ4n) is 4.37. The van der Waals surface area contributed by atoms with Crippen LogP contribution >= 0.6 is 0 Å². The number of pyridine rings is 1. The zero-order valence-electron chi connectivity index (χ0n) is 19.9. The molecule has 9 nitrogen and oxygen atoms in total. The molecule has 0 radical (unpaired) electrons. The lowest BCUT2D eigenvalue weighted by atomic mass is 9.75. The Morgan fingerprint density at radius 2 is 2.00 bits per heavy atom. The number of aryl methyl sites for hydroxylation is 1. The molecule has 3 aromatic rings. The first-order valence-corrected chi connectivity index (χ1v) is 11.6. The number of aromatic amines is 1. The molecule has 0 aliphatic carbocycles. The molecular formula is C26H29N5O4. The molecule has 1 saturated heterocycles. The average molecular weight is 476 g/mol. The van der Waals surface area contributed by atoms with Gasteiger partial charge in [-0.15, -0.1) is 0 Å². The molecule has 0 unspecified atom stereocenters. The Morgan fingerprint density at radius 3 is 2.69 bits per heavy atom. The van der Waals surface area contributed by atoms with Gasteiger partial charge in [0.05, 0.1) is 30.5 Å². The van der Waals surface area contributed by atoms with Crippen molar-refractivity contribution < 1.29 is 19.1 Å². The summed E-state index contributed by atoms with van der Waals surface area (Å²) in [5.41, 5.74) is 1.08. The molecule has 182 valence electrons. The Balaban J connectivity index is 1.47. The second kappa shape index (κ2) is 10.5. The molecule has 0 spiro atoms. The van der Waals surface area contributed by atoms with Crippen molar-refractivity contribution in [3.63, 3.8) is 0 Å². The van der Waals surface area contributed by atoms with Gasteiger partial charge in [-0.25, -0.2) is 0 Å². The lowest BCUT2D eigenvalue weighted by Crippen LogP contribution is -2.43. The minimum absolute atomic E-state index is 0.0413. The maximum absolute atomic E-state index is 13.7. The topological polar surface area (TPSA) is 108 Å². The van der Waals surface area contributed by atoms with Crippen LogP contribution in [0.2, 0.25) is 0 Å². The van der Waals surface area contributed by atoms with Crippen molar-refractivity contribution in [2.24, 2.45) is 0 Å². The number of rotatable bonds is 10. The molecule has 1 atom stereocenters. The number of carbonyl (C=O) groups is 3. The minimum atomic E-state index is -1.23. The van der Waals surface area contributed by atoms with E-state index in [1.807, 2.05) is 43.3 Å². The van der Waals surface area contributed by atoms with Crippen LogP contribution in [0.5, 0.6) is 5.75 Å². The van der Waals surface area contributed by atoms with Gasteiger partial charge in [-0.05, 0) is 37.1 Å². The number of hydrogen-bond donors (Lipinski definition) is 1. The number of benzene rings is 1. The normalized spacial score (nSPS) is 17.6. The van der Waals surface area contributed by atoms with Gasteiger partial charge in [-0.1, -0.05) is 30.3 Å². The monoisotopic (exact) mass is 475 g/mol. The molecule has 1 N–H and O–H groups in total. The standard InChI is InChI=1S/C26H29N5O4/c1-19-14-21(29-28-19)18-30(2)23(32)15-26(20-8-4-3-5-9-20)16-24(33)31(25(26)34)12-7-13-35-22-10-6-11-27-17-22/h3-6,8-11,14,17H,7,12-13,15-16,18H2,1-2H3,(H,28,29)/t26-/m0/s1. The van der Waals surface area contributed by atoms with E-state index < -0.39 is 5.41 Å². The van der Waals surface area contributed by atoms with Crippen LogP contribution < -0.4 is 4.74 Å². The first-order chi connectivity index (χ1) is 16.9. The van der Waals surface area contributed by atoms with E-state index >= 15 is 0 Å². The van der Waals surface area contributed by atoms with Crippen molar-refractivity contribution in [3.8, 4) is 5.75 Å². The van der Waals surface area contributed by atoms with Crippen molar-refractivity contribution in [1.29, 1.82) is 0 Å². The van der Waals surface area contributed by atoms with Crippen molar-refractivity contribution in [2.75, 3.05) is 20.2 Å². The fraction of sp³-hybridized carbons (Fsp3) is 0.346. The predicted octanol–water partition coefficient (Wildman–Crippen LogP) is 2.63. The first-order valence-electron chi connectivity index (χ1n) is 11.6. The summed E-state index contributed by atoms with van der Waals surface area (Å²) in [5.74, 6) is -0.214. The lowest BCUT2D eigenvalue weighted by molar-refractivity contribution is -0.142. The smallest absolute Gasteiger partial charge is 0.240 e. The van der Waals surface area contributed by atoms with Gasteiger partial charge in [0.25, 0.3) is 0 Å². The number of nitrogens with zero attached hydrogens (tertiary/aromatic N) is 4. The highest BCUT2D eigenvalue weighted by Crippen LogP contribution is 2.40. The van der Waals surface area contributed by atoms with Crippen LogP contribution in [-0.4, -0.2) is 62.9 Å². The van der Waals surface area contributed by atoms with Crippen LogP contribution in [0.1, 0.15) is 36.2 Å². The highest BCUT2D eigenvalue weighted by atomic mass is 16.5. The number of ether oxygens (including phenoxy) is 1. The van der Waals surface area contributed by atoms with Crippen LogP contribution in [0, 0.1) is 6.92 Å². The molecule has 1 aliphatic heterocycles. The summed E-state index contributed by atoms with van der Waals surface area (Å²) in [7, 11) is 1.68. The van der Waals surface area contributed by atoms with E-state index in [4.69, 9.17) is 4.74 Å². The van der Waals surface area contributed by atoms with E-state index in [0.29, 0.717) is 30.9 Å². The number of amides is 3. The summed E-state index contributed by atoms with van der Waals surface area (Å²) >= 11 is 0. The van der Waals surface area contributed by atoms with E-state index in [0.717, 1.165) is 11.4 Å². The van der Waals surface area contributed by atoms with Crippen LogP contribution in [0.3, 0.4) is 0 Å². The van der Waals surface area contributed by atoms with Gasteiger partial charge in [0, 0.05) is 38.3 Å². The second-order valence-corrected chi connectivity index (χ2v) is 8.84. The van der Waals surface area contributed by atoms with Crippen LogP contribution in [0.25, 0.3) is 0 Å². The third-order valence-electron chi connectivity index (χ3n) is 6.20. The maximum Gasteiger partial charge on any atom is 0.240 e. The van der Waals surface area contributed by atoms with Gasteiger partial charge < -0.3 is 9.64 Å². The van der Waals surface area contributed by atoms with Gasteiger partial charge in [0.1, 0.15) is 5.75 Å².